The Morgan fingerprint density at radius 3 is 2.38 bits per heavy atom. The van der Waals surface area contributed by atoms with Crippen molar-refractivity contribution in [2.24, 2.45) is 11.3 Å². The van der Waals surface area contributed by atoms with Crippen LogP contribution in [0.3, 0.4) is 0 Å². The molecular weight excluding hydrogens is 260 g/mol. The van der Waals surface area contributed by atoms with Gasteiger partial charge in [-0.15, -0.1) is 0 Å². The minimum absolute atomic E-state index is 0.208. The van der Waals surface area contributed by atoms with Crippen LogP contribution in [-0.4, -0.2) is 50.3 Å². The molecule has 0 heterocycles. The second-order valence-electron chi connectivity index (χ2n) is 8.22. The van der Waals surface area contributed by atoms with Gasteiger partial charge in [0, 0.05) is 31.8 Å². The Balaban J connectivity index is 2.55. The molecule has 0 aromatic carbocycles. The number of nitrogens with one attached hydrogen (secondary N) is 1. The molecular formula is C18H38N2O. The first-order valence-electron chi connectivity index (χ1n) is 8.78. The number of likely N-dealkylation sites (N-methyl/N-ethyl adjacent to an activating group) is 1. The van der Waals surface area contributed by atoms with Crippen LogP contribution in [0.15, 0.2) is 0 Å². The van der Waals surface area contributed by atoms with E-state index in [1.807, 2.05) is 0 Å². The van der Waals surface area contributed by atoms with E-state index in [0.717, 1.165) is 32.2 Å². The first-order chi connectivity index (χ1) is 9.76. The second-order valence-corrected chi connectivity index (χ2v) is 8.22. The summed E-state index contributed by atoms with van der Waals surface area (Å²) in [5.41, 5.74) is 0.653. The minimum atomic E-state index is 0.208. The molecule has 21 heavy (non-hydrogen) atoms. The van der Waals surface area contributed by atoms with E-state index in [0.29, 0.717) is 5.41 Å². The van der Waals surface area contributed by atoms with Gasteiger partial charge in [-0.2, -0.15) is 0 Å². The van der Waals surface area contributed by atoms with Crippen molar-refractivity contribution >= 4 is 0 Å². The van der Waals surface area contributed by atoms with E-state index in [2.05, 4.69) is 51.9 Å². The molecule has 0 aromatic rings. The zero-order chi connectivity index (χ0) is 15.9. The van der Waals surface area contributed by atoms with Crippen molar-refractivity contribution in [2.45, 2.75) is 65.8 Å². The third-order valence-electron chi connectivity index (χ3n) is 4.76. The Kier molecular flexibility index (Phi) is 7.66. The quantitative estimate of drug-likeness (QED) is 0.694. The SMILES string of the molecule is CCOCCN(C)CC1(CNC(C)(C)C)CCC(C)CC1. The van der Waals surface area contributed by atoms with Gasteiger partial charge in [-0.25, -0.2) is 0 Å². The fourth-order valence-electron chi connectivity index (χ4n) is 3.23. The third-order valence-corrected chi connectivity index (χ3v) is 4.76. The van der Waals surface area contributed by atoms with Crippen LogP contribution >= 0.6 is 0 Å². The molecule has 1 aliphatic carbocycles. The van der Waals surface area contributed by atoms with E-state index in [-0.39, 0.29) is 5.54 Å². The van der Waals surface area contributed by atoms with Crippen LogP contribution in [-0.2, 0) is 4.74 Å². The van der Waals surface area contributed by atoms with E-state index < -0.39 is 0 Å². The van der Waals surface area contributed by atoms with Crippen molar-refractivity contribution < 1.29 is 4.74 Å². The van der Waals surface area contributed by atoms with Crippen LogP contribution < -0.4 is 5.32 Å². The van der Waals surface area contributed by atoms with Gasteiger partial charge in [-0.3, -0.25) is 0 Å². The molecule has 0 unspecified atom stereocenters. The molecule has 1 saturated carbocycles. The fraction of sp³-hybridized carbons (Fsp3) is 1.00. The maximum Gasteiger partial charge on any atom is 0.0593 e. The zero-order valence-corrected chi connectivity index (χ0v) is 15.3. The lowest BCUT2D eigenvalue weighted by Gasteiger charge is -2.43. The molecule has 0 radical (unpaired) electrons. The number of hydrogen-bond donors (Lipinski definition) is 1. The minimum Gasteiger partial charge on any atom is -0.380 e. The van der Waals surface area contributed by atoms with E-state index in [1.165, 1.54) is 32.2 Å². The predicted molar refractivity (Wildman–Crippen MR) is 91.8 cm³/mol. The summed E-state index contributed by atoms with van der Waals surface area (Å²) in [4.78, 5) is 2.47. The predicted octanol–water partition coefficient (Wildman–Crippen LogP) is 3.54. The molecule has 1 aliphatic rings. The van der Waals surface area contributed by atoms with Crippen molar-refractivity contribution in [3.05, 3.63) is 0 Å². The first kappa shape index (κ1) is 18.9. The molecule has 0 aromatic heterocycles. The van der Waals surface area contributed by atoms with Gasteiger partial charge in [0.05, 0.1) is 6.61 Å². The molecule has 0 aliphatic heterocycles. The highest BCUT2D eigenvalue weighted by molar-refractivity contribution is 4.90. The van der Waals surface area contributed by atoms with E-state index in [4.69, 9.17) is 4.74 Å². The second kappa shape index (κ2) is 8.50. The maximum atomic E-state index is 5.50. The van der Waals surface area contributed by atoms with Gasteiger partial charge in [0.1, 0.15) is 0 Å². The van der Waals surface area contributed by atoms with E-state index in [9.17, 15) is 0 Å². The summed E-state index contributed by atoms with van der Waals surface area (Å²) in [5, 5.41) is 3.76. The van der Waals surface area contributed by atoms with Gasteiger partial charge in [0.15, 0.2) is 0 Å². The smallest absolute Gasteiger partial charge is 0.0593 e. The third kappa shape index (κ3) is 7.62. The summed E-state index contributed by atoms with van der Waals surface area (Å²) in [6, 6.07) is 0. The monoisotopic (exact) mass is 298 g/mol. The van der Waals surface area contributed by atoms with Gasteiger partial charge in [0.25, 0.3) is 0 Å². The van der Waals surface area contributed by atoms with Crippen molar-refractivity contribution in [2.75, 3.05) is 39.9 Å². The lowest BCUT2D eigenvalue weighted by Crippen LogP contribution is -2.50. The highest BCUT2D eigenvalue weighted by atomic mass is 16.5. The Morgan fingerprint density at radius 2 is 1.86 bits per heavy atom. The van der Waals surface area contributed by atoms with Gasteiger partial charge >= 0.3 is 0 Å². The van der Waals surface area contributed by atoms with E-state index >= 15 is 0 Å². The summed E-state index contributed by atoms with van der Waals surface area (Å²) in [5.74, 6) is 0.904. The van der Waals surface area contributed by atoms with E-state index in [1.54, 1.807) is 0 Å². The van der Waals surface area contributed by atoms with Crippen LogP contribution in [0.4, 0.5) is 0 Å². The molecule has 1 N–H and O–H groups in total. The normalized spacial score (nSPS) is 27.3. The molecule has 3 heteroatoms. The van der Waals surface area contributed by atoms with Crippen LogP contribution in [0, 0.1) is 11.3 Å². The molecule has 0 bridgehead atoms. The number of hydrogen-bond acceptors (Lipinski definition) is 3. The number of ether oxygens (including phenoxy) is 1. The van der Waals surface area contributed by atoms with Gasteiger partial charge in [0.2, 0.25) is 0 Å². The highest BCUT2D eigenvalue weighted by Crippen LogP contribution is 2.39. The molecule has 0 spiro atoms. The Bertz CT molecular complexity index is 277. The lowest BCUT2D eigenvalue weighted by molar-refractivity contribution is 0.0680. The molecule has 0 saturated heterocycles. The summed E-state index contributed by atoms with van der Waals surface area (Å²) in [6.07, 6.45) is 5.47. The van der Waals surface area contributed by atoms with Crippen LogP contribution in [0.2, 0.25) is 0 Å². The highest BCUT2D eigenvalue weighted by Gasteiger charge is 2.35. The average Bonchev–Trinajstić information content (AvgIpc) is 2.39. The Hall–Kier alpha value is -0.120. The fourth-order valence-corrected chi connectivity index (χ4v) is 3.23. The standard InChI is InChI=1S/C18H38N2O/c1-7-21-13-12-20(6)15-18(14-19-17(3,4)5)10-8-16(2)9-11-18/h16,19H,7-15H2,1-6H3. The lowest BCUT2D eigenvalue weighted by atomic mass is 9.70. The van der Waals surface area contributed by atoms with Crippen molar-refractivity contribution in [3.8, 4) is 0 Å². The maximum absolute atomic E-state index is 5.50. The van der Waals surface area contributed by atoms with Crippen molar-refractivity contribution in [1.29, 1.82) is 0 Å². The van der Waals surface area contributed by atoms with Crippen LogP contribution in [0.25, 0.3) is 0 Å². The van der Waals surface area contributed by atoms with Gasteiger partial charge in [-0.1, -0.05) is 19.8 Å². The Labute approximate surface area is 132 Å². The van der Waals surface area contributed by atoms with Crippen molar-refractivity contribution in [1.82, 2.24) is 10.2 Å². The topological polar surface area (TPSA) is 24.5 Å². The molecule has 3 nitrogen and oxygen atoms in total. The molecule has 1 fully saturated rings. The summed E-state index contributed by atoms with van der Waals surface area (Å²) in [6.45, 7) is 16.3. The van der Waals surface area contributed by atoms with Crippen LogP contribution in [0.5, 0.6) is 0 Å². The zero-order valence-electron chi connectivity index (χ0n) is 15.3. The van der Waals surface area contributed by atoms with Crippen molar-refractivity contribution in [3.63, 3.8) is 0 Å². The van der Waals surface area contributed by atoms with Gasteiger partial charge in [-0.05, 0) is 58.9 Å². The molecule has 0 amide bonds. The number of nitrogens with zero attached hydrogens (tertiary/aromatic N) is 1. The average molecular weight is 299 g/mol. The van der Waals surface area contributed by atoms with Crippen LogP contribution in [0.1, 0.15) is 60.3 Å². The Morgan fingerprint density at radius 1 is 1.24 bits per heavy atom. The summed E-state index contributed by atoms with van der Waals surface area (Å²) >= 11 is 0. The number of rotatable bonds is 8. The first-order valence-corrected chi connectivity index (χ1v) is 8.78. The molecule has 0 atom stereocenters. The van der Waals surface area contributed by atoms with Gasteiger partial charge < -0.3 is 15.0 Å². The largest absolute Gasteiger partial charge is 0.380 e. The molecule has 1 rings (SSSR count). The summed E-state index contributed by atoms with van der Waals surface area (Å²) in [7, 11) is 2.25. The summed E-state index contributed by atoms with van der Waals surface area (Å²) < 4.78 is 5.50. The molecule has 126 valence electrons.